The van der Waals surface area contributed by atoms with Gasteiger partial charge in [0.1, 0.15) is 0 Å². The van der Waals surface area contributed by atoms with Gasteiger partial charge in [0.05, 0.1) is 16.9 Å². The van der Waals surface area contributed by atoms with Crippen molar-refractivity contribution in [2.45, 2.75) is 46.5 Å². The summed E-state index contributed by atoms with van der Waals surface area (Å²) in [4.78, 5) is 0. The number of aromatic nitrogens is 2. The number of fused-ring (bicyclic) bond motifs is 1. The molecule has 2 aromatic heterocycles. The molecular weight excluding hydrogens is 520 g/mol. The lowest BCUT2D eigenvalue weighted by atomic mass is 9.78. The Hall–Kier alpha value is -4.82. The largest absolute Gasteiger partial charge is 0.310 e. The van der Waals surface area contributed by atoms with Gasteiger partial charge in [0.2, 0.25) is 0 Å². The maximum Gasteiger partial charge on any atom is 0.0541 e. The van der Waals surface area contributed by atoms with E-state index in [2.05, 4.69) is 161 Å². The summed E-state index contributed by atoms with van der Waals surface area (Å²) in [5.74, 6) is 0. The maximum absolute atomic E-state index is 4.18. The first-order valence-corrected chi connectivity index (χ1v) is 15.1. The highest BCUT2D eigenvalue weighted by atomic mass is 15.0. The van der Waals surface area contributed by atoms with Crippen LogP contribution in [0.3, 0.4) is 0 Å². The number of hydrogen-bond donors (Lipinski definition) is 0. The van der Waals surface area contributed by atoms with Crippen LogP contribution < -0.4 is 0 Å². The molecule has 0 atom stereocenters. The van der Waals surface area contributed by atoms with Gasteiger partial charge in [-0.2, -0.15) is 0 Å². The summed E-state index contributed by atoms with van der Waals surface area (Å²) >= 11 is 0. The van der Waals surface area contributed by atoms with E-state index in [4.69, 9.17) is 0 Å². The first-order valence-electron chi connectivity index (χ1n) is 15.1. The first-order chi connectivity index (χ1) is 20.9. The average Bonchev–Trinajstić information content (AvgIpc) is 3.52. The fraction of sp³-hybridized carbons (Fsp3) is 0.171. The van der Waals surface area contributed by atoms with Crippen LogP contribution in [0.15, 0.2) is 105 Å². The number of nitrogens with zero attached hydrogens (tertiary/aromatic N) is 2. The molecule has 0 saturated heterocycles. The van der Waals surface area contributed by atoms with Crippen molar-refractivity contribution in [1.82, 2.24) is 9.13 Å². The zero-order chi connectivity index (χ0) is 30.7. The fourth-order valence-electron chi connectivity index (χ4n) is 6.41. The summed E-state index contributed by atoms with van der Waals surface area (Å²) in [7, 11) is 0. The molecule has 0 unspecified atom stereocenters. The van der Waals surface area contributed by atoms with Crippen LogP contribution >= 0.6 is 0 Å². The van der Waals surface area contributed by atoms with Crippen molar-refractivity contribution in [2.75, 3.05) is 0 Å². The molecule has 2 heteroatoms. The average molecular weight is 563 g/mol. The Labute approximate surface area is 257 Å². The molecule has 0 N–H and O–H groups in total. The van der Waals surface area contributed by atoms with Crippen LogP contribution in [-0.2, 0) is 11.8 Å². The highest BCUT2D eigenvalue weighted by molar-refractivity contribution is 5.95. The van der Waals surface area contributed by atoms with Gasteiger partial charge in [-0.15, -0.1) is 0 Å². The third-order valence-corrected chi connectivity index (χ3v) is 8.64. The topological polar surface area (TPSA) is 9.86 Å². The zero-order valence-corrected chi connectivity index (χ0v) is 26.2. The van der Waals surface area contributed by atoms with Crippen LogP contribution in [0.25, 0.3) is 52.7 Å². The van der Waals surface area contributed by atoms with E-state index < -0.39 is 0 Å². The monoisotopic (exact) mass is 562 g/mol. The van der Waals surface area contributed by atoms with Crippen molar-refractivity contribution in [1.29, 1.82) is 0 Å². The highest BCUT2D eigenvalue weighted by Crippen LogP contribution is 2.36. The molecule has 0 spiro atoms. The number of benzene rings is 3. The van der Waals surface area contributed by atoms with Gasteiger partial charge in [-0.05, 0) is 85.5 Å². The molecule has 5 aromatic rings. The molecule has 3 aromatic carbocycles. The van der Waals surface area contributed by atoms with E-state index in [0.29, 0.717) is 0 Å². The Morgan fingerprint density at radius 1 is 0.628 bits per heavy atom. The maximum atomic E-state index is 4.18. The molecule has 0 fully saturated rings. The lowest BCUT2D eigenvalue weighted by molar-refractivity contribution is 0.640. The third kappa shape index (κ3) is 4.97. The normalized spacial score (nSPS) is 12.0. The van der Waals surface area contributed by atoms with Crippen LogP contribution in [0.4, 0.5) is 0 Å². The van der Waals surface area contributed by atoms with Crippen molar-refractivity contribution in [3.8, 4) is 11.4 Å². The minimum Gasteiger partial charge on any atom is -0.310 e. The van der Waals surface area contributed by atoms with E-state index in [1.807, 2.05) is 18.2 Å². The molecule has 216 valence electrons. The van der Waals surface area contributed by atoms with Gasteiger partial charge in [0, 0.05) is 39.0 Å². The molecule has 5 rings (SSSR count). The summed E-state index contributed by atoms with van der Waals surface area (Å²) < 4.78 is 4.61. The molecule has 0 saturated carbocycles. The lowest BCUT2D eigenvalue weighted by Gasteiger charge is -2.27. The van der Waals surface area contributed by atoms with E-state index in [1.165, 1.54) is 33.3 Å². The molecule has 0 amide bonds. The van der Waals surface area contributed by atoms with E-state index >= 15 is 0 Å². The Balaban J connectivity index is 1.54. The molecule has 2 heterocycles. The van der Waals surface area contributed by atoms with Crippen LogP contribution in [0.2, 0.25) is 0 Å². The fourth-order valence-corrected chi connectivity index (χ4v) is 6.41. The van der Waals surface area contributed by atoms with Gasteiger partial charge in [-0.3, -0.25) is 0 Å². The quantitative estimate of drug-likeness (QED) is 0.160. The van der Waals surface area contributed by atoms with Gasteiger partial charge in [-0.1, -0.05) is 107 Å². The smallest absolute Gasteiger partial charge is 0.0541 e. The molecule has 0 radical (unpaired) electrons. The molecule has 0 aliphatic rings. The molecule has 2 nitrogen and oxygen atoms in total. The van der Waals surface area contributed by atoms with Gasteiger partial charge in [0.25, 0.3) is 0 Å². The summed E-state index contributed by atoms with van der Waals surface area (Å²) in [6, 6.07) is 26.4. The second kappa shape index (κ2) is 12.2. The zero-order valence-electron chi connectivity index (χ0n) is 26.2. The van der Waals surface area contributed by atoms with Crippen LogP contribution in [0.5, 0.6) is 0 Å². The third-order valence-electron chi connectivity index (χ3n) is 8.64. The van der Waals surface area contributed by atoms with E-state index in [9.17, 15) is 0 Å². The van der Waals surface area contributed by atoms with Gasteiger partial charge in [-0.25, -0.2) is 0 Å². The van der Waals surface area contributed by atoms with Crippen molar-refractivity contribution in [3.63, 3.8) is 0 Å². The Kier molecular flexibility index (Phi) is 8.41. The van der Waals surface area contributed by atoms with Crippen LogP contribution in [0.1, 0.15) is 79.5 Å². The van der Waals surface area contributed by atoms with E-state index in [0.717, 1.165) is 40.3 Å². The summed E-state index contributed by atoms with van der Waals surface area (Å²) in [5.41, 5.74) is 12.8. The number of para-hydroxylation sites is 1. The molecule has 43 heavy (non-hydrogen) atoms. The highest BCUT2D eigenvalue weighted by Gasteiger charge is 2.25. The molecule has 0 bridgehead atoms. The van der Waals surface area contributed by atoms with Crippen molar-refractivity contribution >= 4 is 41.3 Å². The lowest BCUT2D eigenvalue weighted by Crippen LogP contribution is -2.19. The summed E-state index contributed by atoms with van der Waals surface area (Å²) in [6.07, 6.45) is 15.4. The predicted molar refractivity (Wildman–Crippen MR) is 190 cm³/mol. The first kappa shape index (κ1) is 29.7. The molecule has 0 aliphatic heterocycles. The van der Waals surface area contributed by atoms with Crippen LogP contribution in [0, 0.1) is 0 Å². The predicted octanol–water partition coefficient (Wildman–Crippen LogP) is 11.3. The van der Waals surface area contributed by atoms with Crippen molar-refractivity contribution in [2.24, 2.45) is 0 Å². The number of allylic oxidation sites excluding steroid dienone is 2. The Bertz CT molecular complexity index is 1860. The summed E-state index contributed by atoms with van der Waals surface area (Å²) in [5, 5.41) is 1.18. The minimum atomic E-state index is -0.182. The standard InChI is InChI=1S/C41H42N2/c1-9-17-35-34(12-4)39(18-10-2)43(38(35)14-6)32-27-23-30(24-28-32)41(7,8)29-21-25-31(26-22-29)42-37(13-5)33(11-3)36-19-15-16-20-40(36)42/h9-11,13-28H,3,5-6,12H2,1-2,4,7-8H3/b17-9-,18-10-. The van der Waals surface area contributed by atoms with Crippen LogP contribution in [-0.4, -0.2) is 9.13 Å². The van der Waals surface area contributed by atoms with E-state index in [1.54, 1.807) is 0 Å². The summed E-state index contributed by atoms with van der Waals surface area (Å²) in [6.45, 7) is 23.3. The van der Waals surface area contributed by atoms with Gasteiger partial charge >= 0.3 is 0 Å². The molecular formula is C41H42N2. The number of hydrogen-bond acceptors (Lipinski definition) is 0. The Morgan fingerprint density at radius 2 is 1.16 bits per heavy atom. The molecule has 0 aliphatic carbocycles. The van der Waals surface area contributed by atoms with Crippen molar-refractivity contribution < 1.29 is 0 Å². The van der Waals surface area contributed by atoms with Gasteiger partial charge < -0.3 is 9.13 Å². The SMILES string of the molecule is C=Cc1c(C=C)n(-c2ccc(C(C)(C)c3ccc(-n4c(C=C)c(/C=C\C)c(CC)c4/C=C\C)cc3)cc2)c2ccccc12. The van der Waals surface area contributed by atoms with E-state index in [-0.39, 0.29) is 5.41 Å². The van der Waals surface area contributed by atoms with Gasteiger partial charge in [0.15, 0.2) is 0 Å². The Morgan fingerprint density at radius 3 is 1.67 bits per heavy atom. The van der Waals surface area contributed by atoms with Crippen molar-refractivity contribution in [3.05, 3.63) is 150 Å². The second-order valence-corrected chi connectivity index (χ2v) is 11.3. The minimum absolute atomic E-state index is 0.182. The second-order valence-electron chi connectivity index (χ2n) is 11.3. The number of rotatable bonds is 10.